The largest absolute Gasteiger partial charge is 0.305 e. The van der Waals surface area contributed by atoms with Crippen LogP contribution in [0, 0.1) is 11.6 Å². The van der Waals surface area contributed by atoms with E-state index in [1.807, 2.05) is 6.92 Å². The highest BCUT2D eigenvalue weighted by atomic mass is 79.9. The van der Waals surface area contributed by atoms with Crippen LogP contribution in [0.5, 0.6) is 0 Å². The highest BCUT2D eigenvalue weighted by molar-refractivity contribution is 9.10. The van der Waals surface area contributed by atoms with E-state index in [2.05, 4.69) is 26.2 Å². The second kappa shape index (κ2) is 7.01. The Morgan fingerprint density at radius 2 is 2.05 bits per heavy atom. The zero-order valence-electron chi connectivity index (χ0n) is 10.9. The van der Waals surface area contributed by atoms with Gasteiger partial charge in [0.25, 0.3) is 0 Å². The van der Waals surface area contributed by atoms with Crippen LogP contribution in [0.1, 0.15) is 24.2 Å². The van der Waals surface area contributed by atoms with E-state index in [-0.39, 0.29) is 15.1 Å². The van der Waals surface area contributed by atoms with E-state index < -0.39 is 17.7 Å². The summed E-state index contributed by atoms with van der Waals surface area (Å²) in [6, 6.07) is 3.19. The molecule has 1 atom stereocenters. The van der Waals surface area contributed by atoms with Gasteiger partial charge in [-0.15, -0.1) is 0 Å². The SMILES string of the molecule is CCNC(c1ncc(Cl)cc1Cl)c1c(F)ccc(Br)c1F. The maximum Gasteiger partial charge on any atom is 0.145 e. The number of nitrogens with zero attached hydrogens (tertiary/aromatic N) is 1. The van der Waals surface area contributed by atoms with Crippen LogP contribution in [0.15, 0.2) is 28.9 Å². The Morgan fingerprint density at radius 1 is 1.33 bits per heavy atom. The monoisotopic (exact) mass is 394 g/mol. The molecule has 1 unspecified atom stereocenters. The Hall–Kier alpha value is -0.750. The van der Waals surface area contributed by atoms with Crippen molar-refractivity contribution in [3.05, 3.63) is 61.8 Å². The Morgan fingerprint density at radius 3 is 2.67 bits per heavy atom. The molecule has 0 fully saturated rings. The van der Waals surface area contributed by atoms with Crippen LogP contribution < -0.4 is 5.32 Å². The van der Waals surface area contributed by atoms with Gasteiger partial charge in [0.2, 0.25) is 0 Å². The maximum absolute atomic E-state index is 14.3. The summed E-state index contributed by atoms with van der Waals surface area (Å²) in [7, 11) is 0. The lowest BCUT2D eigenvalue weighted by atomic mass is 10.0. The Kier molecular flexibility index (Phi) is 5.54. The lowest BCUT2D eigenvalue weighted by molar-refractivity contribution is 0.502. The number of hydrogen-bond donors (Lipinski definition) is 1. The average molecular weight is 396 g/mol. The molecule has 0 saturated heterocycles. The average Bonchev–Trinajstić information content (AvgIpc) is 2.43. The van der Waals surface area contributed by atoms with Gasteiger partial charge in [-0.25, -0.2) is 8.78 Å². The van der Waals surface area contributed by atoms with Gasteiger partial charge >= 0.3 is 0 Å². The topological polar surface area (TPSA) is 24.9 Å². The van der Waals surface area contributed by atoms with Gasteiger partial charge in [-0.2, -0.15) is 0 Å². The molecule has 0 saturated carbocycles. The van der Waals surface area contributed by atoms with Crippen molar-refractivity contribution in [2.24, 2.45) is 0 Å². The van der Waals surface area contributed by atoms with Crippen molar-refractivity contribution < 1.29 is 8.78 Å². The minimum atomic E-state index is -0.808. The molecule has 0 amide bonds. The van der Waals surface area contributed by atoms with Crippen molar-refractivity contribution in [3.8, 4) is 0 Å². The summed E-state index contributed by atoms with van der Waals surface area (Å²) in [5, 5.41) is 3.59. The highest BCUT2D eigenvalue weighted by Crippen LogP contribution is 2.33. The third kappa shape index (κ3) is 3.54. The van der Waals surface area contributed by atoms with Gasteiger partial charge in [-0.05, 0) is 40.7 Å². The van der Waals surface area contributed by atoms with Crippen LogP contribution in [-0.2, 0) is 0 Å². The molecular weight excluding hydrogens is 385 g/mol. The molecule has 1 heterocycles. The summed E-state index contributed by atoms with van der Waals surface area (Å²) in [5.74, 6) is -1.36. The molecule has 21 heavy (non-hydrogen) atoms. The molecule has 0 radical (unpaired) electrons. The number of pyridine rings is 1. The van der Waals surface area contributed by atoms with Crippen LogP contribution in [0.2, 0.25) is 10.0 Å². The Labute approximate surface area is 139 Å². The zero-order chi connectivity index (χ0) is 15.6. The number of halogens is 5. The fourth-order valence-corrected chi connectivity index (χ4v) is 2.82. The fourth-order valence-electron chi connectivity index (χ4n) is 1.98. The third-order valence-corrected chi connectivity index (χ3v) is 4.01. The number of aromatic nitrogens is 1. The molecule has 2 nitrogen and oxygen atoms in total. The summed E-state index contributed by atoms with van der Waals surface area (Å²) in [4.78, 5) is 4.11. The minimum Gasteiger partial charge on any atom is -0.305 e. The molecule has 7 heteroatoms. The quantitative estimate of drug-likeness (QED) is 0.726. The molecule has 0 spiro atoms. The predicted octanol–water partition coefficient (Wildman–Crippen LogP) is 5.13. The van der Waals surface area contributed by atoms with Crippen molar-refractivity contribution in [1.82, 2.24) is 10.3 Å². The van der Waals surface area contributed by atoms with Crippen LogP contribution in [0.25, 0.3) is 0 Å². The highest BCUT2D eigenvalue weighted by Gasteiger charge is 2.26. The second-order valence-electron chi connectivity index (χ2n) is 4.27. The molecule has 0 bridgehead atoms. The first-order valence-corrected chi connectivity index (χ1v) is 7.68. The van der Waals surface area contributed by atoms with Gasteiger partial charge in [0.15, 0.2) is 0 Å². The van der Waals surface area contributed by atoms with E-state index in [4.69, 9.17) is 23.2 Å². The summed E-state index contributed by atoms with van der Waals surface area (Å²) in [5.41, 5.74) is 0.182. The number of hydrogen-bond acceptors (Lipinski definition) is 2. The normalized spacial score (nSPS) is 12.5. The van der Waals surface area contributed by atoms with Gasteiger partial charge < -0.3 is 5.32 Å². The van der Waals surface area contributed by atoms with Crippen LogP contribution >= 0.6 is 39.1 Å². The Balaban J connectivity index is 2.61. The van der Waals surface area contributed by atoms with Gasteiger partial charge in [0.1, 0.15) is 11.6 Å². The van der Waals surface area contributed by atoms with Crippen LogP contribution in [0.4, 0.5) is 8.78 Å². The molecule has 0 aliphatic carbocycles. The molecule has 1 aromatic heterocycles. The van der Waals surface area contributed by atoms with Crippen LogP contribution in [0.3, 0.4) is 0 Å². The van der Waals surface area contributed by atoms with Crippen molar-refractivity contribution in [1.29, 1.82) is 0 Å². The fraction of sp³-hybridized carbons (Fsp3) is 0.214. The molecule has 112 valence electrons. The standard InChI is InChI=1S/C14H11BrCl2F2N2/c1-2-20-14(13-9(17)5-7(16)6-21-13)11-10(18)4-3-8(15)12(11)19/h3-6,14,20H,2H2,1H3. The Bertz CT molecular complexity index is 668. The molecular formula is C14H11BrCl2F2N2. The second-order valence-corrected chi connectivity index (χ2v) is 5.97. The van der Waals surface area contributed by atoms with E-state index >= 15 is 0 Å². The summed E-state index contributed by atoms with van der Waals surface area (Å²) >= 11 is 15.0. The number of rotatable bonds is 4. The lowest BCUT2D eigenvalue weighted by Crippen LogP contribution is -2.25. The molecule has 1 N–H and O–H groups in total. The van der Waals surface area contributed by atoms with E-state index in [9.17, 15) is 8.78 Å². The van der Waals surface area contributed by atoms with E-state index in [1.165, 1.54) is 24.4 Å². The summed E-state index contributed by atoms with van der Waals surface area (Å²) in [6.45, 7) is 2.31. The van der Waals surface area contributed by atoms with Gasteiger partial charge in [0, 0.05) is 11.8 Å². The van der Waals surface area contributed by atoms with Gasteiger partial charge in [0.05, 0.1) is 26.3 Å². The van der Waals surface area contributed by atoms with Crippen LogP contribution in [-0.4, -0.2) is 11.5 Å². The summed E-state index contributed by atoms with van der Waals surface area (Å²) in [6.07, 6.45) is 1.39. The van der Waals surface area contributed by atoms with E-state index in [1.54, 1.807) is 0 Å². The number of nitrogens with one attached hydrogen (secondary N) is 1. The first kappa shape index (κ1) is 16.6. The van der Waals surface area contributed by atoms with Crippen molar-refractivity contribution in [2.75, 3.05) is 6.54 Å². The van der Waals surface area contributed by atoms with E-state index in [0.717, 1.165) is 0 Å². The van der Waals surface area contributed by atoms with Gasteiger partial charge in [-0.1, -0.05) is 30.1 Å². The number of benzene rings is 1. The van der Waals surface area contributed by atoms with Crippen molar-refractivity contribution in [2.45, 2.75) is 13.0 Å². The zero-order valence-corrected chi connectivity index (χ0v) is 14.0. The molecule has 2 aromatic rings. The summed E-state index contributed by atoms with van der Waals surface area (Å²) < 4.78 is 28.6. The lowest BCUT2D eigenvalue weighted by Gasteiger charge is -2.20. The van der Waals surface area contributed by atoms with Crippen molar-refractivity contribution >= 4 is 39.1 Å². The maximum atomic E-state index is 14.3. The third-order valence-electron chi connectivity index (χ3n) is 2.89. The molecule has 2 rings (SSSR count). The smallest absolute Gasteiger partial charge is 0.145 e. The van der Waals surface area contributed by atoms with Gasteiger partial charge in [-0.3, -0.25) is 4.98 Å². The first-order chi connectivity index (χ1) is 9.95. The van der Waals surface area contributed by atoms with E-state index in [0.29, 0.717) is 17.3 Å². The predicted molar refractivity (Wildman–Crippen MR) is 83.8 cm³/mol. The first-order valence-electron chi connectivity index (χ1n) is 6.13. The minimum absolute atomic E-state index is 0.136. The molecule has 0 aliphatic rings. The van der Waals surface area contributed by atoms with Crippen molar-refractivity contribution in [3.63, 3.8) is 0 Å². The molecule has 0 aliphatic heterocycles. The molecule has 1 aromatic carbocycles.